The number of amides is 1. The van der Waals surface area contributed by atoms with E-state index < -0.39 is 11.7 Å². The van der Waals surface area contributed by atoms with Crippen LogP contribution in [0.1, 0.15) is 10.4 Å². The van der Waals surface area contributed by atoms with Gasteiger partial charge < -0.3 is 10.7 Å². The molecule has 1 amide bonds. The molecule has 0 bridgehead atoms. The topological polar surface area (TPSA) is 80.0 Å². The lowest BCUT2D eigenvalue weighted by atomic mass is 10.2. The molecule has 0 aliphatic rings. The van der Waals surface area contributed by atoms with Gasteiger partial charge in [-0.2, -0.15) is 0 Å². The van der Waals surface area contributed by atoms with E-state index in [1.807, 2.05) is 0 Å². The van der Waals surface area contributed by atoms with Gasteiger partial charge in [0.25, 0.3) is 5.91 Å². The normalized spacial score (nSPS) is 10.1. The van der Waals surface area contributed by atoms with E-state index in [0.717, 1.165) is 0 Å². The number of nitrogen functional groups attached to an aromatic ring is 1. The average Bonchev–Trinajstić information content (AvgIpc) is 2.43. The number of hydrogen-bond donors (Lipinski definition) is 3. The molecule has 1 aromatic heterocycles. The standard InChI is InChI=1S/C12H10BrFN4O/c13-8-2-1-3-9(14)11(8)17-12(19)7-4-5-16-10(6-7)18-15/h1-6H,15H2,(H,16,18)(H,17,19). The number of hydrazine groups is 1. The molecule has 0 aliphatic heterocycles. The van der Waals surface area contributed by atoms with E-state index in [4.69, 9.17) is 5.84 Å². The maximum atomic E-state index is 13.6. The van der Waals surface area contributed by atoms with Crippen LogP contribution in [-0.2, 0) is 0 Å². The number of aromatic nitrogens is 1. The number of anilines is 2. The van der Waals surface area contributed by atoms with Gasteiger partial charge in [0.15, 0.2) is 0 Å². The van der Waals surface area contributed by atoms with Gasteiger partial charge in [0.2, 0.25) is 0 Å². The molecule has 98 valence electrons. The molecule has 0 radical (unpaired) electrons. The van der Waals surface area contributed by atoms with E-state index in [1.165, 1.54) is 30.5 Å². The molecule has 4 N–H and O–H groups in total. The Balaban J connectivity index is 2.25. The minimum Gasteiger partial charge on any atom is -0.319 e. The van der Waals surface area contributed by atoms with Crippen molar-refractivity contribution in [1.82, 2.24) is 4.98 Å². The minimum absolute atomic E-state index is 0.0894. The Labute approximate surface area is 117 Å². The van der Waals surface area contributed by atoms with Crippen molar-refractivity contribution in [2.24, 2.45) is 5.84 Å². The van der Waals surface area contributed by atoms with Crippen molar-refractivity contribution in [2.75, 3.05) is 10.7 Å². The number of benzene rings is 1. The van der Waals surface area contributed by atoms with Crippen LogP contribution in [0.15, 0.2) is 41.0 Å². The third-order valence-corrected chi connectivity index (χ3v) is 3.03. The molecule has 5 nitrogen and oxygen atoms in total. The lowest BCUT2D eigenvalue weighted by Gasteiger charge is -2.09. The number of nitrogens with one attached hydrogen (secondary N) is 2. The van der Waals surface area contributed by atoms with Gasteiger partial charge in [-0.25, -0.2) is 15.2 Å². The van der Waals surface area contributed by atoms with E-state index in [9.17, 15) is 9.18 Å². The Hall–Kier alpha value is -1.99. The molecule has 2 rings (SSSR count). The number of nitrogens with two attached hydrogens (primary N) is 1. The quantitative estimate of drug-likeness (QED) is 0.598. The van der Waals surface area contributed by atoms with Crippen molar-refractivity contribution in [3.63, 3.8) is 0 Å². The maximum absolute atomic E-state index is 13.6. The molecule has 1 heterocycles. The fourth-order valence-electron chi connectivity index (χ4n) is 1.45. The van der Waals surface area contributed by atoms with Crippen LogP contribution >= 0.6 is 15.9 Å². The van der Waals surface area contributed by atoms with Crippen LogP contribution < -0.4 is 16.6 Å². The predicted molar refractivity (Wildman–Crippen MR) is 74.1 cm³/mol. The Morgan fingerprint density at radius 3 is 2.84 bits per heavy atom. The molecule has 7 heteroatoms. The second-order valence-corrected chi connectivity index (χ2v) is 4.48. The van der Waals surface area contributed by atoms with Crippen molar-refractivity contribution in [3.05, 3.63) is 52.4 Å². The number of pyridine rings is 1. The lowest BCUT2D eigenvalue weighted by molar-refractivity contribution is 0.102. The molecule has 0 saturated heterocycles. The number of para-hydroxylation sites is 1. The molecule has 0 fully saturated rings. The fraction of sp³-hybridized carbons (Fsp3) is 0. The van der Waals surface area contributed by atoms with Crippen molar-refractivity contribution < 1.29 is 9.18 Å². The smallest absolute Gasteiger partial charge is 0.255 e. The number of hydrogen-bond acceptors (Lipinski definition) is 4. The predicted octanol–water partition coefficient (Wildman–Crippen LogP) is 2.52. The zero-order chi connectivity index (χ0) is 13.8. The largest absolute Gasteiger partial charge is 0.319 e. The molecule has 1 aromatic carbocycles. The van der Waals surface area contributed by atoms with E-state index >= 15 is 0 Å². The van der Waals surface area contributed by atoms with E-state index in [0.29, 0.717) is 15.9 Å². The summed E-state index contributed by atoms with van der Waals surface area (Å²) in [5, 5.41) is 2.49. The monoisotopic (exact) mass is 324 g/mol. The van der Waals surface area contributed by atoms with Crippen LogP contribution in [0.5, 0.6) is 0 Å². The average molecular weight is 325 g/mol. The summed E-state index contributed by atoms with van der Waals surface area (Å²) in [4.78, 5) is 15.9. The van der Waals surface area contributed by atoms with E-state index in [1.54, 1.807) is 6.07 Å². The summed E-state index contributed by atoms with van der Waals surface area (Å²) in [6, 6.07) is 7.41. The Kier molecular flexibility index (Phi) is 4.08. The first kappa shape index (κ1) is 13.4. The zero-order valence-electron chi connectivity index (χ0n) is 9.65. The SMILES string of the molecule is NNc1cc(C(=O)Nc2c(F)cccc2Br)ccn1. The molecular weight excluding hydrogens is 315 g/mol. The molecule has 0 spiro atoms. The summed E-state index contributed by atoms with van der Waals surface area (Å²) in [5.74, 6) is 4.58. The summed E-state index contributed by atoms with van der Waals surface area (Å²) in [6.45, 7) is 0. The van der Waals surface area contributed by atoms with Crippen LogP contribution in [0.3, 0.4) is 0 Å². The van der Waals surface area contributed by atoms with E-state index in [-0.39, 0.29) is 5.69 Å². The molecular formula is C12H10BrFN4O. The molecule has 0 aliphatic carbocycles. The summed E-state index contributed by atoms with van der Waals surface area (Å²) in [5.41, 5.74) is 2.74. The summed E-state index contributed by atoms with van der Waals surface area (Å²) < 4.78 is 14.0. The number of halogens is 2. The second-order valence-electron chi connectivity index (χ2n) is 3.62. The molecule has 0 unspecified atom stereocenters. The van der Waals surface area contributed by atoms with Crippen LogP contribution in [0.25, 0.3) is 0 Å². The lowest BCUT2D eigenvalue weighted by Crippen LogP contribution is -2.15. The highest BCUT2D eigenvalue weighted by atomic mass is 79.9. The number of nitrogens with zero attached hydrogens (tertiary/aromatic N) is 1. The van der Waals surface area contributed by atoms with Crippen LogP contribution in [-0.4, -0.2) is 10.9 Å². The van der Waals surface area contributed by atoms with Gasteiger partial charge in [0, 0.05) is 16.2 Å². The summed E-state index contributed by atoms with van der Waals surface area (Å²) in [7, 11) is 0. The van der Waals surface area contributed by atoms with Crippen molar-refractivity contribution in [3.8, 4) is 0 Å². The van der Waals surface area contributed by atoms with Crippen molar-refractivity contribution in [2.45, 2.75) is 0 Å². The van der Waals surface area contributed by atoms with Gasteiger partial charge in [-0.05, 0) is 40.2 Å². The highest BCUT2D eigenvalue weighted by molar-refractivity contribution is 9.10. The first-order chi connectivity index (χ1) is 9.11. The highest BCUT2D eigenvalue weighted by Gasteiger charge is 2.12. The van der Waals surface area contributed by atoms with Gasteiger partial charge >= 0.3 is 0 Å². The van der Waals surface area contributed by atoms with Crippen LogP contribution in [0, 0.1) is 5.82 Å². The first-order valence-corrected chi connectivity index (χ1v) is 6.09. The Bertz CT molecular complexity index is 600. The number of carbonyl (C=O) groups excluding carboxylic acids is 1. The fourth-order valence-corrected chi connectivity index (χ4v) is 1.89. The molecule has 0 atom stereocenters. The molecule has 19 heavy (non-hydrogen) atoms. The molecule has 2 aromatic rings. The minimum atomic E-state index is -0.519. The van der Waals surface area contributed by atoms with E-state index in [2.05, 4.69) is 31.7 Å². The third-order valence-electron chi connectivity index (χ3n) is 2.37. The van der Waals surface area contributed by atoms with Crippen molar-refractivity contribution in [1.29, 1.82) is 0 Å². The van der Waals surface area contributed by atoms with Crippen LogP contribution in [0.2, 0.25) is 0 Å². The Morgan fingerprint density at radius 2 is 2.16 bits per heavy atom. The van der Waals surface area contributed by atoms with Gasteiger partial charge in [0.05, 0.1) is 5.69 Å². The van der Waals surface area contributed by atoms with Gasteiger partial charge in [-0.1, -0.05) is 6.07 Å². The summed E-state index contributed by atoms with van der Waals surface area (Å²) in [6.07, 6.45) is 1.43. The highest BCUT2D eigenvalue weighted by Crippen LogP contribution is 2.25. The second kappa shape index (κ2) is 5.77. The Morgan fingerprint density at radius 1 is 1.37 bits per heavy atom. The van der Waals surface area contributed by atoms with Gasteiger partial charge in [-0.15, -0.1) is 0 Å². The summed E-state index contributed by atoms with van der Waals surface area (Å²) >= 11 is 3.18. The van der Waals surface area contributed by atoms with Gasteiger partial charge in [-0.3, -0.25) is 4.79 Å². The zero-order valence-corrected chi connectivity index (χ0v) is 11.2. The number of rotatable bonds is 3. The molecule has 0 saturated carbocycles. The maximum Gasteiger partial charge on any atom is 0.255 e. The first-order valence-electron chi connectivity index (χ1n) is 5.30. The van der Waals surface area contributed by atoms with Gasteiger partial charge in [0.1, 0.15) is 11.6 Å². The van der Waals surface area contributed by atoms with Crippen LogP contribution in [0.4, 0.5) is 15.9 Å². The van der Waals surface area contributed by atoms with Crippen molar-refractivity contribution >= 4 is 33.3 Å². The third kappa shape index (κ3) is 3.07. The number of carbonyl (C=O) groups is 1.